The topological polar surface area (TPSA) is 92.2 Å². The lowest BCUT2D eigenvalue weighted by molar-refractivity contribution is -0.118. The number of benzene rings is 2. The highest BCUT2D eigenvalue weighted by Crippen LogP contribution is 2.40. The third-order valence-electron chi connectivity index (χ3n) is 5.52. The van der Waals surface area contributed by atoms with Crippen LogP contribution in [-0.2, 0) is 18.4 Å². The Kier molecular flexibility index (Phi) is 6.02. The zero-order valence-electron chi connectivity index (χ0n) is 18.2. The van der Waals surface area contributed by atoms with Crippen molar-refractivity contribution in [2.45, 2.75) is 25.9 Å². The standard InChI is InChI=1S/C24H26N6O2/c1-4-16(2)26-24(32)25-14-13-21(31)30-15-17-9-5-6-10-18(17)23-22(27-28-29(23)3)19-11-7-8-12-20(19)30/h4-12,16H,1,13-15H2,2-3H3,(H2,25,26,32). The molecule has 1 aromatic heterocycles. The minimum absolute atomic E-state index is 0.0864. The van der Waals surface area contributed by atoms with Gasteiger partial charge in [-0.05, 0) is 18.6 Å². The van der Waals surface area contributed by atoms with Crippen molar-refractivity contribution >= 4 is 17.6 Å². The second-order valence-corrected chi connectivity index (χ2v) is 7.74. The third kappa shape index (κ3) is 4.12. The first-order valence-electron chi connectivity index (χ1n) is 10.5. The molecule has 3 aromatic rings. The molecule has 0 aliphatic carbocycles. The number of urea groups is 1. The van der Waals surface area contributed by atoms with Crippen molar-refractivity contribution in [2.24, 2.45) is 7.05 Å². The first-order chi connectivity index (χ1) is 15.5. The molecule has 0 bridgehead atoms. The molecule has 0 spiro atoms. The van der Waals surface area contributed by atoms with Crippen molar-refractivity contribution in [3.8, 4) is 22.5 Å². The predicted octanol–water partition coefficient (Wildman–Crippen LogP) is 3.26. The Morgan fingerprint density at radius 2 is 1.88 bits per heavy atom. The fraction of sp³-hybridized carbons (Fsp3) is 0.250. The van der Waals surface area contributed by atoms with Crippen LogP contribution in [0.4, 0.5) is 10.5 Å². The van der Waals surface area contributed by atoms with Gasteiger partial charge in [0.05, 0.1) is 17.9 Å². The van der Waals surface area contributed by atoms with Crippen LogP contribution in [0.3, 0.4) is 0 Å². The Morgan fingerprint density at radius 3 is 2.66 bits per heavy atom. The molecule has 0 fully saturated rings. The predicted molar refractivity (Wildman–Crippen MR) is 124 cm³/mol. The molecule has 8 heteroatoms. The lowest BCUT2D eigenvalue weighted by Crippen LogP contribution is -2.41. The number of carbonyl (C=O) groups excluding carboxylic acids is 2. The molecule has 2 N–H and O–H groups in total. The Bertz CT molecular complexity index is 1170. The first kappa shape index (κ1) is 21.3. The van der Waals surface area contributed by atoms with Crippen LogP contribution < -0.4 is 15.5 Å². The fourth-order valence-electron chi connectivity index (χ4n) is 3.85. The Labute approximate surface area is 186 Å². The van der Waals surface area contributed by atoms with Gasteiger partial charge in [0.2, 0.25) is 5.91 Å². The summed E-state index contributed by atoms with van der Waals surface area (Å²) < 4.78 is 1.77. The average molecular weight is 431 g/mol. The van der Waals surface area contributed by atoms with Crippen LogP contribution >= 0.6 is 0 Å². The zero-order valence-corrected chi connectivity index (χ0v) is 18.2. The highest BCUT2D eigenvalue weighted by molar-refractivity contribution is 6.00. The first-order valence-corrected chi connectivity index (χ1v) is 10.5. The number of aromatic nitrogens is 3. The molecule has 2 heterocycles. The molecule has 1 aliphatic heterocycles. The van der Waals surface area contributed by atoms with Crippen molar-refractivity contribution in [1.29, 1.82) is 0 Å². The molecule has 4 rings (SSSR count). The molecule has 0 saturated heterocycles. The minimum atomic E-state index is -0.326. The van der Waals surface area contributed by atoms with Crippen molar-refractivity contribution in [1.82, 2.24) is 25.6 Å². The smallest absolute Gasteiger partial charge is 0.315 e. The number of carbonyl (C=O) groups is 2. The molecule has 8 nitrogen and oxygen atoms in total. The number of nitrogens with zero attached hydrogens (tertiary/aromatic N) is 4. The van der Waals surface area contributed by atoms with Crippen molar-refractivity contribution in [3.05, 3.63) is 66.7 Å². The normalized spacial score (nSPS) is 13.0. The van der Waals surface area contributed by atoms with E-state index in [4.69, 9.17) is 0 Å². The lowest BCUT2D eigenvalue weighted by atomic mass is 9.95. The maximum absolute atomic E-state index is 13.3. The van der Waals surface area contributed by atoms with E-state index in [0.29, 0.717) is 6.54 Å². The monoisotopic (exact) mass is 430 g/mol. The number of nitrogens with one attached hydrogen (secondary N) is 2. The molecule has 164 valence electrons. The lowest BCUT2D eigenvalue weighted by Gasteiger charge is -2.28. The van der Waals surface area contributed by atoms with Crippen LogP contribution in [0.5, 0.6) is 0 Å². The summed E-state index contributed by atoms with van der Waals surface area (Å²) in [6.45, 7) is 6.11. The zero-order chi connectivity index (χ0) is 22.7. The summed E-state index contributed by atoms with van der Waals surface area (Å²) >= 11 is 0. The minimum Gasteiger partial charge on any atom is -0.338 e. The van der Waals surface area contributed by atoms with E-state index >= 15 is 0 Å². The Balaban J connectivity index is 1.64. The van der Waals surface area contributed by atoms with E-state index in [1.807, 2.05) is 62.5 Å². The van der Waals surface area contributed by atoms with Crippen molar-refractivity contribution in [3.63, 3.8) is 0 Å². The van der Waals surface area contributed by atoms with Crippen LogP contribution in [0.25, 0.3) is 22.5 Å². The molecule has 0 radical (unpaired) electrons. The maximum Gasteiger partial charge on any atom is 0.315 e. The van der Waals surface area contributed by atoms with Gasteiger partial charge in [0.1, 0.15) is 5.69 Å². The molecule has 2 aromatic carbocycles. The van der Waals surface area contributed by atoms with E-state index in [1.165, 1.54) is 0 Å². The van der Waals surface area contributed by atoms with Gasteiger partial charge in [-0.15, -0.1) is 11.7 Å². The summed E-state index contributed by atoms with van der Waals surface area (Å²) in [5.41, 5.74) is 5.30. The Morgan fingerprint density at radius 1 is 1.16 bits per heavy atom. The van der Waals surface area contributed by atoms with Gasteiger partial charge < -0.3 is 15.5 Å². The van der Waals surface area contributed by atoms with Gasteiger partial charge in [0.25, 0.3) is 0 Å². The third-order valence-corrected chi connectivity index (χ3v) is 5.52. The van der Waals surface area contributed by atoms with Gasteiger partial charge in [-0.25, -0.2) is 9.48 Å². The number of hydrogen-bond donors (Lipinski definition) is 2. The number of para-hydroxylation sites is 1. The fourth-order valence-corrected chi connectivity index (χ4v) is 3.85. The largest absolute Gasteiger partial charge is 0.338 e. The second kappa shape index (κ2) is 9.05. The molecule has 0 saturated carbocycles. The van der Waals surface area contributed by atoms with E-state index in [1.54, 1.807) is 15.7 Å². The van der Waals surface area contributed by atoms with Crippen LogP contribution in [0, 0.1) is 0 Å². The molecule has 1 atom stereocenters. The number of hydrogen-bond acceptors (Lipinski definition) is 4. The van der Waals surface area contributed by atoms with Gasteiger partial charge in [-0.2, -0.15) is 0 Å². The van der Waals surface area contributed by atoms with Crippen LogP contribution in [0.1, 0.15) is 18.9 Å². The molecular weight excluding hydrogens is 404 g/mol. The highest BCUT2D eigenvalue weighted by Gasteiger charge is 2.28. The summed E-state index contributed by atoms with van der Waals surface area (Å²) in [5.74, 6) is -0.0864. The molecule has 32 heavy (non-hydrogen) atoms. The van der Waals surface area contributed by atoms with E-state index in [-0.39, 0.29) is 30.9 Å². The summed E-state index contributed by atoms with van der Waals surface area (Å²) in [5, 5.41) is 14.1. The van der Waals surface area contributed by atoms with Crippen molar-refractivity contribution in [2.75, 3.05) is 11.4 Å². The Hall–Kier alpha value is -3.94. The molecule has 1 aliphatic rings. The van der Waals surface area contributed by atoms with Crippen LogP contribution in [-0.4, -0.2) is 39.5 Å². The maximum atomic E-state index is 13.3. The van der Waals surface area contributed by atoms with E-state index < -0.39 is 0 Å². The number of rotatable bonds is 5. The molecule has 1 unspecified atom stereocenters. The van der Waals surface area contributed by atoms with E-state index in [0.717, 1.165) is 33.8 Å². The average Bonchev–Trinajstić information content (AvgIpc) is 3.17. The quantitative estimate of drug-likeness (QED) is 0.608. The van der Waals surface area contributed by atoms with Crippen LogP contribution in [0.15, 0.2) is 61.2 Å². The van der Waals surface area contributed by atoms with Gasteiger partial charge in [0.15, 0.2) is 0 Å². The second-order valence-electron chi connectivity index (χ2n) is 7.74. The summed E-state index contributed by atoms with van der Waals surface area (Å²) in [6.07, 6.45) is 1.81. The van der Waals surface area contributed by atoms with Gasteiger partial charge in [-0.1, -0.05) is 53.8 Å². The SMILES string of the molecule is C=CC(C)NC(=O)NCCC(=O)N1Cc2ccccc2-c2c(nnn2C)-c2ccccc21. The number of fused-ring (bicyclic) bond motifs is 5. The number of amides is 3. The summed E-state index contributed by atoms with van der Waals surface area (Å²) in [4.78, 5) is 27.0. The molecule has 3 amide bonds. The number of aryl methyl sites for hydroxylation is 1. The highest BCUT2D eigenvalue weighted by atomic mass is 16.2. The van der Waals surface area contributed by atoms with Crippen molar-refractivity contribution < 1.29 is 9.59 Å². The van der Waals surface area contributed by atoms with E-state index in [2.05, 4.69) is 27.5 Å². The summed E-state index contributed by atoms with van der Waals surface area (Å²) in [6, 6.07) is 15.2. The van der Waals surface area contributed by atoms with E-state index in [9.17, 15) is 9.59 Å². The summed E-state index contributed by atoms with van der Waals surface area (Å²) in [7, 11) is 1.87. The molecular formula is C24H26N6O2. The van der Waals surface area contributed by atoms with Gasteiger partial charge in [-0.3, -0.25) is 4.79 Å². The van der Waals surface area contributed by atoms with Gasteiger partial charge >= 0.3 is 6.03 Å². The van der Waals surface area contributed by atoms with Crippen LogP contribution in [0.2, 0.25) is 0 Å². The number of anilines is 1. The van der Waals surface area contributed by atoms with Gasteiger partial charge in [0, 0.05) is 37.2 Å².